The number of para-hydroxylation sites is 1. The maximum absolute atomic E-state index is 13.1. The predicted molar refractivity (Wildman–Crippen MR) is 138 cm³/mol. The average molecular weight is 503 g/mol. The normalized spacial score (nSPS) is 15.5. The van der Waals surface area contributed by atoms with Crippen molar-refractivity contribution >= 4 is 46.5 Å². The van der Waals surface area contributed by atoms with Crippen LogP contribution in [0.1, 0.15) is 38.8 Å². The van der Waals surface area contributed by atoms with Crippen LogP contribution in [0.5, 0.6) is 5.75 Å². The van der Waals surface area contributed by atoms with Gasteiger partial charge < -0.3 is 14.9 Å². The molecule has 1 amide bonds. The van der Waals surface area contributed by atoms with Crippen LogP contribution in [0.4, 0.5) is 5.69 Å². The number of likely N-dealkylation sites (N-methyl/N-ethyl adjacent to an activating group) is 1. The number of nitrogens with zero attached hydrogens (tertiary/aromatic N) is 2. The zero-order valence-electron chi connectivity index (χ0n) is 19.2. The van der Waals surface area contributed by atoms with Crippen molar-refractivity contribution in [3.05, 3.63) is 100.0 Å². The quantitative estimate of drug-likeness (QED) is 0.402. The minimum absolute atomic E-state index is 0.163. The molecule has 182 valence electrons. The fraction of sp³-hybridized carbons (Fsp3) is 0.111. The molecule has 3 aromatic rings. The van der Waals surface area contributed by atoms with E-state index in [1.54, 1.807) is 41.3 Å². The van der Waals surface area contributed by atoms with Gasteiger partial charge in [0.1, 0.15) is 12.4 Å². The van der Waals surface area contributed by atoms with Crippen LogP contribution in [0, 0.1) is 0 Å². The molecule has 8 nitrogen and oxygen atoms in total. The Kier molecular flexibility index (Phi) is 7.50. The van der Waals surface area contributed by atoms with Crippen molar-refractivity contribution in [1.29, 1.82) is 0 Å². The van der Waals surface area contributed by atoms with Crippen molar-refractivity contribution in [2.24, 2.45) is 4.99 Å². The summed E-state index contributed by atoms with van der Waals surface area (Å²) in [6.07, 6.45) is 1.76. The van der Waals surface area contributed by atoms with Gasteiger partial charge in [0.05, 0.1) is 21.7 Å². The number of hydrogen-bond donors (Lipinski definition) is 2. The molecule has 0 aliphatic carbocycles. The second-order valence-corrected chi connectivity index (χ2v) is 8.74. The number of hydrogen-bond acceptors (Lipinski definition) is 6. The number of carbonyl (C=O) groups excluding carboxylic acids is 1. The topological polar surface area (TPSA) is 117 Å². The molecule has 0 spiro atoms. The number of ether oxygens (including phenoxy) is 1. The molecule has 0 saturated carbocycles. The molecule has 4 rings (SSSR count). The highest BCUT2D eigenvalue weighted by molar-refractivity contribution is 8.18. The van der Waals surface area contributed by atoms with E-state index in [-0.39, 0.29) is 23.6 Å². The van der Waals surface area contributed by atoms with Crippen LogP contribution in [0.15, 0.2) is 82.7 Å². The van der Waals surface area contributed by atoms with E-state index in [1.807, 2.05) is 25.1 Å². The molecule has 0 aromatic heterocycles. The van der Waals surface area contributed by atoms with Crippen molar-refractivity contribution in [2.75, 3.05) is 6.54 Å². The van der Waals surface area contributed by atoms with E-state index >= 15 is 0 Å². The number of amidine groups is 1. The van der Waals surface area contributed by atoms with Gasteiger partial charge in [-0.25, -0.2) is 14.6 Å². The highest BCUT2D eigenvalue weighted by Gasteiger charge is 2.32. The maximum atomic E-state index is 13.1. The molecule has 0 bridgehead atoms. The molecule has 0 atom stereocenters. The number of amides is 1. The second kappa shape index (κ2) is 10.9. The van der Waals surface area contributed by atoms with Crippen LogP contribution in [0.25, 0.3) is 6.08 Å². The number of carboxylic acids is 2. The molecule has 2 N–H and O–H groups in total. The molecule has 1 fully saturated rings. The lowest BCUT2D eigenvalue weighted by Crippen LogP contribution is -2.28. The highest BCUT2D eigenvalue weighted by Crippen LogP contribution is 2.35. The summed E-state index contributed by atoms with van der Waals surface area (Å²) in [4.78, 5) is 41.8. The van der Waals surface area contributed by atoms with Gasteiger partial charge in [-0.15, -0.1) is 0 Å². The molecular formula is C27H22N2O6S. The van der Waals surface area contributed by atoms with Gasteiger partial charge in [-0.3, -0.25) is 9.69 Å². The summed E-state index contributed by atoms with van der Waals surface area (Å²) in [6.45, 7) is 2.53. The lowest BCUT2D eigenvalue weighted by molar-refractivity contribution is -0.122. The smallest absolute Gasteiger partial charge is 0.335 e. The zero-order chi connectivity index (χ0) is 25.7. The molecule has 1 aliphatic rings. The van der Waals surface area contributed by atoms with E-state index in [4.69, 9.17) is 14.9 Å². The Morgan fingerprint density at radius 2 is 1.56 bits per heavy atom. The second-order valence-electron chi connectivity index (χ2n) is 7.74. The molecule has 1 saturated heterocycles. The molecular weight excluding hydrogens is 480 g/mol. The van der Waals surface area contributed by atoms with Crippen LogP contribution in [-0.2, 0) is 11.4 Å². The summed E-state index contributed by atoms with van der Waals surface area (Å²) in [6, 6.07) is 19.9. The van der Waals surface area contributed by atoms with E-state index in [9.17, 15) is 14.4 Å². The van der Waals surface area contributed by atoms with Crippen LogP contribution in [0.2, 0.25) is 0 Å². The van der Waals surface area contributed by atoms with Crippen molar-refractivity contribution in [3.8, 4) is 5.75 Å². The summed E-state index contributed by atoms with van der Waals surface area (Å²) in [7, 11) is 0. The summed E-state index contributed by atoms with van der Waals surface area (Å²) in [5.41, 5.74) is 2.45. The van der Waals surface area contributed by atoms with Crippen molar-refractivity contribution in [3.63, 3.8) is 0 Å². The zero-order valence-corrected chi connectivity index (χ0v) is 20.1. The third kappa shape index (κ3) is 5.64. The number of aromatic carboxylic acids is 2. The van der Waals surface area contributed by atoms with Crippen LogP contribution < -0.4 is 4.74 Å². The molecule has 0 unspecified atom stereocenters. The van der Waals surface area contributed by atoms with Crippen molar-refractivity contribution < 1.29 is 29.3 Å². The average Bonchev–Trinajstić information content (AvgIpc) is 3.17. The van der Waals surface area contributed by atoms with E-state index < -0.39 is 11.9 Å². The fourth-order valence-electron chi connectivity index (χ4n) is 3.44. The molecule has 1 aliphatic heterocycles. The Morgan fingerprint density at radius 3 is 2.17 bits per heavy atom. The third-order valence-electron chi connectivity index (χ3n) is 5.34. The largest absolute Gasteiger partial charge is 0.488 e. The first kappa shape index (κ1) is 24.7. The number of thioether (sulfide) groups is 1. The summed E-state index contributed by atoms with van der Waals surface area (Å²) >= 11 is 1.24. The van der Waals surface area contributed by atoms with Gasteiger partial charge in [0.25, 0.3) is 5.91 Å². The Balaban J connectivity index is 1.54. The van der Waals surface area contributed by atoms with Gasteiger partial charge in [-0.2, -0.15) is 0 Å². The van der Waals surface area contributed by atoms with Crippen molar-refractivity contribution in [1.82, 2.24) is 4.90 Å². The summed E-state index contributed by atoms with van der Waals surface area (Å²) < 4.78 is 5.97. The molecule has 36 heavy (non-hydrogen) atoms. The highest BCUT2D eigenvalue weighted by atomic mass is 32.2. The van der Waals surface area contributed by atoms with Crippen LogP contribution >= 0.6 is 11.8 Å². The van der Waals surface area contributed by atoms with Gasteiger partial charge in [0.15, 0.2) is 5.17 Å². The van der Waals surface area contributed by atoms with Gasteiger partial charge in [0.2, 0.25) is 0 Å². The van der Waals surface area contributed by atoms with Gasteiger partial charge in [0, 0.05) is 12.1 Å². The predicted octanol–water partition coefficient (Wildman–Crippen LogP) is 5.29. The number of rotatable bonds is 8. The Morgan fingerprint density at radius 1 is 0.944 bits per heavy atom. The first-order valence-electron chi connectivity index (χ1n) is 11.0. The van der Waals surface area contributed by atoms with E-state index in [1.165, 1.54) is 36.0 Å². The summed E-state index contributed by atoms with van der Waals surface area (Å²) in [5, 5.41) is 18.6. The van der Waals surface area contributed by atoms with Gasteiger partial charge in [-0.1, -0.05) is 30.3 Å². The Hall–Kier alpha value is -4.37. The van der Waals surface area contributed by atoms with Gasteiger partial charge >= 0.3 is 11.9 Å². The minimum atomic E-state index is -1.02. The molecule has 3 aromatic carbocycles. The number of carboxylic acid groups (broad SMARTS) is 2. The standard InChI is InChI=1S/C27H22N2O6S/c1-2-29-24(30)23(36-27(29)28-21-13-11-19(12-14-21)26(33)34)15-20-5-3-4-6-22(20)35-16-17-7-9-18(10-8-17)25(31)32/h3-15H,2,16H2,1H3,(H,31,32)(H,33,34)/b23-15-,28-27?. The first-order chi connectivity index (χ1) is 17.4. The fourth-order valence-corrected chi connectivity index (χ4v) is 4.49. The number of carbonyl (C=O) groups is 3. The molecule has 0 radical (unpaired) electrons. The van der Waals surface area contributed by atoms with Crippen molar-refractivity contribution in [2.45, 2.75) is 13.5 Å². The lowest BCUT2D eigenvalue weighted by atomic mass is 10.1. The number of aliphatic imine (C=N–C) groups is 1. The Bertz CT molecular complexity index is 1360. The monoisotopic (exact) mass is 502 g/mol. The van der Waals surface area contributed by atoms with E-state index in [2.05, 4.69) is 4.99 Å². The third-order valence-corrected chi connectivity index (χ3v) is 6.35. The maximum Gasteiger partial charge on any atom is 0.335 e. The molecule has 1 heterocycles. The lowest BCUT2D eigenvalue weighted by Gasteiger charge is -2.12. The van der Waals surface area contributed by atoms with E-state index in [0.29, 0.717) is 28.1 Å². The summed E-state index contributed by atoms with van der Waals surface area (Å²) in [5.74, 6) is -1.60. The number of benzene rings is 3. The SMILES string of the molecule is CCN1C(=O)/C(=C/c2ccccc2OCc2ccc(C(=O)O)cc2)SC1=Nc1ccc(C(=O)O)cc1. The Labute approximate surface area is 211 Å². The van der Waals surface area contributed by atoms with Crippen LogP contribution in [0.3, 0.4) is 0 Å². The van der Waals surface area contributed by atoms with E-state index in [0.717, 1.165) is 11.1 Å². The minimum Gasteiger partial charge on any atom is -0.488 e. The van der Waals surface area contributed by atoms with Gasteiger partial charge in [-0.05, 0) is 72.8 Å². The first-order valence-corrected chi connectivity index (χ1v) is 11.8. The molecule has 9 heteroatoms. The van der Waals surface area contributed by atoms with Crippen LogP contribution in [-0.4, -0.2) is 44.7 Å².